The van der Waals surface area contributed by atoms with E-state index in [-0.39, 0.29) is 23.8 Å². The summed E-state index contributed by atoms with van der Waals surface area (Å²) in [4.78, 5) is 28.5. The van der Waals surface area contributed by atoms with Gasteiger partial charge in [0.15, 0.2) is 0 Å². The first-order valence-corrected chi connectivity index (χ1v) is 10.0. The van der Waals surface area contributed by atoms with Gasteiger partial charge in [-0.15, -0.1) is 0 Å². The van der Waals surface area contributed by atoms with Crippen LogP contribution in [0, 0.1) is 25.6 Å². The van der Waals surface area contributed by atoms with Crippen LogP contribution < -0.4 is 10.5 Å². The van der Waals surface area contributed by atoms with Crippen molar-refractivity contribution < 1.29 is 22.4 Å². The molecule has 1 fully saturated rings. The van der Waals surface area contributed by atoms with Gasteiger partial charge in [0.25, 0.3) is 5.56 Å². The van der Waals surface area contributed by atoms with Crippen molar-refractivity contribution in [3.8, 4) is 0 Å². The number of alkyl halides is 3. The molecule has 31 heavy (non-hydrogen) atoms. The number of carbonyl (C=O) groups is 1. The number of anilines is 1. The minimum atomic E-state index is -4.75. The summed E-state index contributed by atoms with van der Waals surface area (Å²) in [6.45, 7) is 5.39. The summed E-state index contributed by atoms with van der Waals surface area (Å²) in [7, 11) is 1.71. The number of carbonyl (C=O) groups excluding carboxylic acids is 1. The SMILES string of the molecule is Cc1c2c(n(C)c(=O)c1C)CN(C(=O)CC1CN(c3ccc(F)c(C(F)(F)F)c3)C1)C2. The van der Waals surface area contributed by atoms with Crippen molar-refractivity contribution in [2.24, 2.45) is 13.0 Å². The van der Waals surface area contributed by atoms with Crippen molar-refractivity contribution in [1.29, 1.82) is 0 Å². The van der Waals surface area contributed by atoms with Crippen LogP contribution in [0.3, 0.4) is 0 Å². The van der Waals surface area contributed by atoms with E-state index in [9.17, 15) is 27.2 Å². The molecule has 0 radical (unpaired) electrons. The smallest absolute Gasteiger partial charge is 0.371 e. The molecule has 1 aromatic carbocycles. The highest BCUT2D eigenvalue weighted by molar-refractivity contribution is 5.77. The van der Waals surface area contributed by atoms with E-state index in [2.05, 4.69) is 0 Å². The Morgan fingerprint density at radius 1 is 1.13 bits per heavy atom. The molecule has 2 aromatic rings. The Kier molecular flexibility index (Phi) is 5.10. The molecule has 1 aromatic heterocycles. The molecule has 5 nitrogen and oxygen atoms in total. The van der Waals surface area contributed by atoms with Crippen LogP contribution in [0.25, 0.3) is 0 Å². The fourth-order valence-electron chi connectivity index (χ4n) is 4.41. The third kappa shape index (κ3) is 3.70. The number of pyridine rings is 1. The quantitative estimate of drug-likeness (QED) is 0.691. The van der Waals surface area contributed by atoms with E-state index in [0.29, 0.717) is 37.4 Å². The lowest BCUT2D eigenvalue weighted by Crippen LogP contribution is -2.48. The Hall–Kier alpha value is -2.84. The molecule has 1 saturated heterocycles. The zero-order valence-corrected chi connectivity index (χ0v) is 17.5. The first kappa shape index (κ1) is 21.4. The summed E-state index contributed by atoms with van der Waals surface area (Å²) < 4.78 is 53.9. The average Bonchev–Trinajstić information content (AvgIpc) is 3.12. The van der Waals surface area contributed by atoms with Crippen LogP contribution in [0.4, 0.5) is 23.2 Å². The van der Waals surface area contributed by atoms with Gasteiger partial charge in [0.2, 0.25) is 5.91 Å². The highest BCUT2D eigenvalue weighted by Crippen LogP contribution is 2.36. The molecule has 4 rings (SSSR count). The maximum absolute atomic E-state index is 13.5. The molecule has 2 aliphatic rings. The number of amides is 1. The zero-order chi connectivity index (χ0) is 22.7. The topological polar surface area (TPSA) is 45.6 Å². The lowest BCUT2D eigenvalue weighted by Gasteiger charge is -2.41. The van der Waals surface area contributed by atoms with Gasteiger partial charge in [-0.25, -0.2) is 4.39 Å². The summed E-state index contributed by atoms with van der Waals surface area (Å²) in [6, 6.07) is 2.97. The molecule has 0 aliphatic carbocycles. The van der Waals surface area contributed by atoms with Gasteiger partial charge in [0.1, 0.15) is 5.82 Å². The van der Waals surface area contributed by atoms with Gasteiger partial charge in [0.05, 0.1) is 12.1 Å². The van der Waals surface area contributed by atoms with Gasteiger partial charge < -0.3 is 14.4 Å². The number of benzene rings is 1. The van der Waals surface area contributed by atoms with E-state index >= 15 is 0 Å². The van der Waals surface area contributed by atoms with Crippen molar-refractivity contribution >= 4 is 11.6 Å². The lowest BCUT2D eigenvalue weighted by molar-refractivity contribution is -0.140. The molecule has 0 saturated carbocycles. The predicted octanol–water partition coefficient (Wildman–Crippen LogP) is 3.53. The fourth-order valence-corrected chi connectivity index (χ4v) is 4.41. The average molecular weight is 437 g/mol. The van der Waals surface area contributed by atoms with Crippen LogP contribution in [0.2, 0.25) is 0 Å². The van der Waals surface area contributed by atoms with Crippen molar-refractivity contribution in [2.75, 3.05) is 18.0 Å². The minimum absolute atomic E-state index is 0.0160. The van der Waals surface area contributed by atoms with Gasteiger partial charge in [-0.05, 0) is 43.2 Å². The molecule has 0 bridgehead atoms. The third-order valence-electron chi connectivity index (χ3n) is 6.48. The summed E-state index contributed by atoms with van der Waals surface area (Å²) in [5.41, 5.74) is 2.42. The highest BCUT2D eigenvalue weighted by atomic mass is 19.4. The fraction of sp³-hybridized carbons (Fsp3) is 0.455. The van der Waals surface area contributed by atoms with Crippen molar-refractivity contribution in [1.82, 2.24) is 9.47 Å². The maximum Gasteiger partial charge on any atom is 0.419 e. The van der Waals surface area contributed by atoms with Gasteiger partial charge in [-0.1, -0.05) is 0 Å². The summed E-state index contributed by atoms with van der Waals surface area (Å²) in [6.07, 6.45) is -4.47. The number of nitrogens with zero attached hydrogens (tertiary/aromatic N) is 3. The zero-order valence-electron chi connectivity index (χ0n) is 17.5. The Bertz CT molecular complexity index is 1120. The number of hydrogen-bond donors (Lipinski definition) is 0. The Labute approximate surface area is 176 Å². The van der Waals surface area contributed by atoms with Crippen LogP contribution >= 0.6 is 0 Å². The molecule has 2 aliphatic heterocycles. The largest absolute Gasteiger partial charge is 0.419 e. The highest BCUT2D eigenvalue weighted by Gasteiger charge is 2.37. The van der Waals surface area contributed by atoms with E-state index in [1.54, 1.807) is 28.3 Å². The second-order valence-electron chi connectivity index (χ2n) is 8.43. The Morgan fingerprint density at radius 3 is 2.45 bits per heavy atom. The molecule has 0 spiro atoms. The number of aromatic nitrogens is 1. The Morgan fingerprint density at radius 2 is 1.81 bits per heavy atom. The number of fused-ring (bicyclic) bond motifs is 1. The van der Waals surface area contributed by atoms with Crippen LogP contribution in [-0.4, -0.2) is 28.5 Å². The van der Waals surface area contributed by atoms with Crippen LogP contribution in [-0.2, 0) is 31.1 Å². The predicted molar refractivity (Wildman–Crippen MR) is 107 cm³/mol. The lowest BCUT2D eigenvalue weighted by atomic mass is 9.94. The minimum Gasteiger partial charge on any atom is -0.371 e. The van der Waals surface area contributed by atoms with Crippen molar-refractivity contribution in [3.63, 3.8) is 0 Å². The molecule has 0 unspecified atom stereocenters. The number of halogens is 4. The molecular formula is C22H23F4N3O2. The van der Waals surface area contributed by atoms with Gasteiger partial charge in [-0.2, -0.15) is 13.2 Å². The van der Waals surface area contributed by atoms with Crippen molar-refractivity contribution in [2.45, 2.75) is 39.5 Å². The van der Waals surface area contributed by atoms with Crippen molar-refractivity contribution in [3.05, 3.63) is 62.3 Å². The standard InChI is InChI=1S/C22H23F4N3O2/c1-12-13(2)21(31)27(3)19-11-29(10-16(12)19)20(30)6-14-8-28(9-14)15-4-5-18(23)17(7-15)22(24,25)26/h4-5,7,14H,6,8-11H2,1-3H3. The first-order valence-electron chi connectivity index (χ1n) is 10.0. The number of hydrogen-bond acceptors (Lipinski definition) is 3. The summed E-state index contributed by atoms with van der Waals surface area (Å²) in [5.74, 6) is -1.32. The molecule has 0 atom stereocenters. The number of rotatable bonds is 3. The maximum atomic E-state index is 13.5. The normalized spacial score (nSPS) is 16.5. The van der Waals surface area contributed by atoms with Gasteiger partial charge >= 0.3 is 6.18 Å². The van der Waals surface area contributed by atoms with Gasteiger partial charge in [-0.3, -0.25) is 9.59 Å². The Balaban J connectivity index is 1.39. The second-order valence-corrected chi connectivity index (χ2v) is 8.43. The first-order chi connectivity index (χ1) is 14.5. The van der Waals surface area contributed by atoms with E-state index < -0.39 is 17.6 Å². The second kappa shape index (κ2) is 7.39. The molecule has 0 N–H and O–H groups in total. The van der Waals surface area contributed by atoms with E-state index in [0.717, 1.165) is 29.0 Å². The van der Waals surface area contributed by atoms with E-state index in [1.807, 2.05) is 6.92 Å². The monoisotopic (exact) mass is 437 g/mol. The van der Waals surface area contributed by atoms with Crippen LogP contribution in [0.5, 0.6) is 0 Å². The molecule has 1 amide bonds. The van der Waals surface area contributed by atoms with E-state index in [1.165, 1.54) is 6.07 Å². The van der Waals surface area contributed by atoms with Gasteiger partial charge in [0, 0.05) is 56.0 Å². The van der Waals surface area contributed by atoms with Crippen LogP contribution in [0.15, 0.2) is 23.0 Å². The molecule has 3 heterocycles. The summed E-state index contributed by atoms with van der Waals surface area (Å²) in [5, 5.41) is 0. The summed E-state index contributed by atoms with van der Waals surface area (Å²) >= 11 is 0. The third-order valence-corrected chi connectivity index (χ3v) is 6.48. The van der Waals surface area contributed by atoms with E-state index in [4.69, 9.17) is 0 Å². The molecule has 9 heteroatoms. The molecule has 166 valence electrons. The van der Waals surface area contributed by atoms with Crippen LogP contribution in [0.1, 0.15) is 34.4 Å². The molecular weight excluding hydrogens is 414 g/mol.